The minimum atomic E-state index is -0.387. The summed E-state index contributed by atoms with van der Waals surface area (Å²) in [6.45, 7) is 8.69. The van der Waals surface area contributed by atoms with Crippen LogP contribution in [0.4, 0.5) is 17.1 Å². The molecule has 3 heteroatoms. The van der Waals surface area contributed by atoms with Crippen LogP contribution in [-0.2, 0) is 12.8 Å². The molecule has 0 bridgehead atoms. The van der Waals surface area contributed by atoms with Crippen LogP contribution >= 0.6 is 0 Å². The lowest BCUT2D eigenvalue weighted by Crippen LogP contribution is -2.12. The highest BCUT2D eigenvalue weighted by Crippen LogP contribution is 2.40. The van der Waals surface area contributed by atoms with Gasteiger partial charge < -0.3 is 9.64 Å². The number of carbonyl (C=O) groups is 1. The van der Waals surface area contributed by atoms with Crippen LogP contribution in [0.1, 0.15) is 57.9 Å². The second-order valence-corrected chi connectivity index (χ2v) is 13.6. The molecule has 0 radical (unpaired) electrons. The first-order valence-electron chi connectivity index (χ1n) is 17.8. The monoisotopic (exact) mass is 665 g/mol. The van der Waals surface area contributed by atoms with E-state index in [1.165, 1.54) is 44.2 Å². The number of nitrogens with zero attached hydrogens (tertiary/aromatic N) is 1. The molecular weight excluding hydrogens is 623 g/mol. The summed E-state index contributed by atoms with van der Waals surface area (Å²) in [5.41, 5.74) is 12.3. The molecule has 7 aromatic carbocycles. The smallest absolute Gasteiger partial charge is 0.343 e. The van der Waals surface area contributed by atoms with Gasteiger partial charge in [0.25, 0.3) is 0 Å². The van der Waals surface area contributed by atoms with E-state index in [1.807, 2.05) is 36.4 Å². The molecule has 0 N–H and O–H groups in total. The van der Waals surface area contributed by atoms with Gasteiger partial charge >= 0.3 is 5.97 Å². The lowest BCUT2D eigenvalue weighted by atomic mass is 9.90. The summed E-state index contributed by atoms with van der Waals surface area (Å²) in [6.07, 6.45) is 1.93. The zero-order valence-corrected chi connectivity index (χ0v) is 29.8. The molecule has 0 aliphatic rings. The van der Waals surface area contributed by atoms with E-state index in [0.29, 0.717) is 17.2 Å². The largest absolute Gasteiger partial charge is 0.423 e. The van der Waals surface area contributed by atoms with Crippen LogP contribution in [0.3, 0.4) is 0 Å². The number of aryl methyl sites for hydroxylation is 4. The van der Waals surface area contributed by atoms with Crippen molar-refractivity contribution in [2.75, 3.05) is 4.90 Å². The second-order valence-electron chi connectivity index (χ2n) is 13.6. The van der Waals surface area contributed by atoms with Gasteiger partial charge in [-0.15, -0.1) is 0 Å². The number of ether oxygens (including phenoxy) is 1. The maximum atomic E-state index is 13.4. The van der Waals surface area contributed by atoms with Gasteiger partial charge in [0.05, 0.1) is 11.3 Å². The standard InChI is InChI=1S/C48H43NO2/c1-33(2)40-20-19-37(18-17-36-10-6-5-7-11-36)46(32-40)38-23-29-43(30-24-38)51-48(50)39-21-27-42(28-22-39)49(41-25-14-34(3)15-26-41)47-31-16-35(4)44-12-8-9-13-45(44)47/h5-16,19-33H,17-18H2,1-4H3. The lowest BCUT2D eigenvalue weighted by Gasteiger charge is -2.27. The van der Waals surface area contributed by atoms with E-state index in [2.05, 4.69) is 154 Å². The van der Waals surface area contributed by atoms with E-state index >= 15 is 0 Å². The van der Waals surface area contributed by atoms with E-state index < -0.39 is 0 Å². The molecular formula is C48H43NO2. The number of esters is 1. The Bertz CT molecular complexity index is 2270. The van der Waals surface area contributed by atoms with Gasteiger partial charge in [0, 0.05) is 16.8 Å². The Hall–Kier alpha value is -5.93. The molecule has 0 saturated heterocycles. The van der Waals surface area contributed by atoms with Crippen molar-refractivity contribution in [2.45, 2.75) is 46.5 Å². The first-order chi connectivity index (χ1) is 24.8. The lowest BCUT2D eigenvalue weighted by molar-refractivity contribution is 0.0735. The van der Waals surface area contributed by atoms with E-state index in [4.69, 9.17) is 4.74 Å². The summed E-state index contributed by atoms with van der Waals surface area (Å²) >= 11 is 0. The normalized spacial score (nSPS) is 11.2. The highest BCUT2D eigenvalue weighted by molar-refractivity contribution is 6.00. The Balaban J connectivity index is 1.12. The number of rotatable bonds is 10. The van der Waals surface area contributed by atoms with Crippen LogP contribution in [0, 0.1) is 13.8 Å². The molecule has 51 heavy (non-hydrogen) atoms. The molecule has 252 valence electrons. The Labute approximate surface area is 301 Å². The first kappa shape index (κ1) is 33.6. The van der Waals surface area contributed by atoms with Crippen LogP contribution in [0.2, 0.25) is 0 Å². The van der Waals surface area contributed by atoms with Crippen molar-refractivity contribution in [3.8, 4) is 16.9 Å². The molecule has 0 saturated carbocycles. The maximum Gasteiger partial charge on any atom is 0.343 e. The molecule has 0 aliphatic carbocycles. The summed E-state index contributed by atoms with van der Waals surface area (Å²) in [7, 11) is 0. The number of benzene rings is 7. The van der Waals surface area contributed by atoms with Crippen molar-refractivity contribution in [3.63, 3.8) is 0 Å². The number of fused-ring (bicyclic) bond motifs is 1. The van der Waals surface area contributed by atoms with E-state index in [0.717, 1.165) is 35.5 Å². The molecule has 0 unspecified atom stereocenters. The van der Waals surface area contributed by atoms with Crippen LogP contribution in [0.15, 0.2) is 158 Å². The van der Waals surface area contributed by atoms with Gasteiger partial charge in [0.2, 0.25) is 0 Å². The van der Waals surface area contributed by atoms with Gasteiger partial charge in [-0.05, 0) is 126 Å². The van der Waals surface area contributed by atoms with Crippen molar-refractivity contribution >= 4 is 33.8 Å². The zero-order valence-electron chi connectivity index (χ0n) is 29.8. The van der Waals surface area contributed by atoms with Crippen LogP contribution < -0.4 is 9.64 Å². The fraction of sp³-hybridized carbons (Fsp3) is 0.146. The summed E-state index contributed by atoms with van der Waals surface area (Å²) in [5, 5.41) is 2.39. The highest BCUT2D eigenvalue weighted by atomic mass is 16.5. The average Bonchev–Trinajstić information content (AvgIpc) is 3.16. The molecule has 0 atom stereocenters. The van der Waals surface area contributed by atoms with Gasteiger partial charge in [-0.25, -0.2) is 4.79 Å². The highest BCUT2D eigenvalue weighted by Gasteiger charge is 2.18. The average molecular weight is 666 g/mol. The molecule has 7 rings (SSSR count). The fourth-order valence-electron chi connectivity index (χ4n) is 6.73. The molecule has 7 aromatic rings. The molecule has 0 heterocycles. The topological polar surface area (TPSA) is 29.5 Å². The van der Waals surface area contributed by atoms with Crippen molar-refractivity contribution in [2.24, 2.45) is 0 Å². The van der Waals surface area contributed by atoms with Gasteiger partial charge in [-0.1, -0.05) is 123 Å². The molecule has 0 amide bonds. The van der Waals surface area contributed by atoms with E-state index in [9.17, 15) is 4.79 Å². The molecule has 0 fully saturated rings. The van der Waals surface area contributed by atoms with Gasteiger partial charge in [0.15, 0.2) is 0 Å². The fourth-order valence-corrected chi connectivity index (χ4v) is 6.73. The molecule has 0 aromatic heterocycles. The molecule has 0 aliphatic heterocycles. The third-order valence-corrected chi connectivity index (χ3v) is 9.72. The molecule has 0 spiro atoms. The minimum absolute atomic E-state index is 0.387. The van der Waals surface area contributed by atoms with Crippen molar-refractivity contribution in [1.29, 1.82) is 0 Å². The predicted octanol–water partition coefficient (Wildman–Crippen LogP) is 12.7. The number of hydrogen-bond acceptors (Lipinski definition) is 3. The SMILES string of the molecule is Cc1ccc(N(c2ccc(C(=O)Oc3ccc(-c4cc(C(C)C)ccc4CCc4ccccc4)cc3)cc2)c2ccc(C)c3ccccc23)cc1. The summed E-state index contributed by atoms with van der Waals surface area (Å²) in [5.74, 6) is 0.562. The Morgan fingerprint density at radius 3 is 1.96 bits per heavy atom. The zero-order chi connectivity index (χ0) is 35.3. The van der Waals surface area contributed by atoms with Gasteiger partial charge in [-0.2, -0.15) is 0 Å². The van der Waals surface area contributed by atoms with Crippen LogP contribution in [-0.4, -0.2) is 5.97 Å². The Morgan fingerprint density at radius 1 is 0.627 bits per heavy atom. The van der Waals surface area contributed by atoms with Crippen molar-refractivity contribution < 1.29 is 9.53 Å². The van der Waals surface area contributed by atoms with Gasteiger partial charge in [-0.3, -0.25) is 0 Å². The van der Waals surface area contributed by atoms with Crippen molar-refractivity contribution in [1.82, 2.24) is 0 Å². The summed E-state index contributed by atoms with van der Waals surface area (Å²) < 4.78 is 5.89. The van der Waals surface area contributed by atoms with E-state index in [-0.39, 0.29) is 5.97 Å². The number of anilines is 3. The summed E-state index contributed by atoms with van der Waals surface area (Å²) in [4.78, 5) is 15.6. The second kappa shape index (κ2) is 14.9. The molecule has 3 nitrogen and oxygen atoms in total. The minimum Gasteiger partial charge on any atom is -0.423 e. The Morgan fingerprint density at radius 2 is 1.27 bits per heavy atom. The van der Waals surface area contributed by atoms with Crippen LogP contribution in [0.5, 0.6) is 5.75 Å². The number of hydrogen-bond donors (Lipinski definition) is 0. The third-order valence-electron chi connectivity index (χ3n) is 9.72. The number of carbonyl (C=O) groups excluding carboxylic acids is 1. The Kier molecular flexibility index (Phi) is 9.81. The maximum absolute atomic E-state index is 13.4. The first-order valence-corrected chi connectivity index (χ1v) is 17.8. The van der Waals surface area contributed by atoms with Crippen molar-refractivity contribution in [3.05, 3.63) is 191 Å². The van der Waals surface area contributed by atoms with Gasteiger partial charge in [0.1, 0.15) is 5.75 Å². The van der Waals surface area contributed by atoms with E-state index in [1.54, 1.807) is 0 Å². The quantitative estimate of drug-likeness (QED) is 0.108. The van der Waals surface area contributed by atoms with Crippen LogP contribution in [0.25, 0.3) is 21.9 Å². The third kappa shape index (κ3) is 7.49. The summed E-state index contributed by atoms with van der Waals surface area (Å²) in [6, 6.07) is 54.4. The predicted molar refractivity (Wildman–Crippen MR) is 213 cm³/mol.